The van der Waals surface area contributed by atoms with E-state index in [1.54, 1.807) is 35.5 Å². The van der Waals surface area contributed by atoms with Gasteiger partial charge in [0.25, 0.3) is 0 Å². The molecule has 0 saturated carbocycles. The van der Waals surface area contributed by atoms with Crippen LogP contribution in [0.3, 0.4) is 0 Å². The minimum Gasteiger partial charge on any atom is -0.497 e. The van der Waals surface area contributed by atoms with Crippen LogP contribution in [0.15, 0.2) is 59.7 Å². The second-order valence-corrected chi connectivity index (χ2v) is 8.19. The highest BCUT2D eigenvalue weighted by molar-refractivity contribution is 6.02. The largest absolute Gasteiger partial charge is 0.497 e. The standard InChI is InChI=1S/C27H28N2O6/c1-30-18-9-6-8-16(12-18)20-15-21-19-10-7-11-22(31-2)25(19)35-27(29(21)28-20)17-13-23(32-3)26(34-5)24(14-17)33-4/h6-14,21,27H,15H2,1-5H3/t21-,27+/m1/s1. The van der Waals surface area contributed by atoms with Gasteiger partial charge in [0.05, 0.1) is 47.3 Å². The lowest BCUT2D eigenvalue weighted by Gasteiger charge is -2.38. The van der Waals surface area contributed by atoms with Crippen molar-refractivity contribution < 1.29 is 28.4 Å². The Morgan fingerprint density at radius 2 is 1.51 bits per heavy atom. The molecule has 0 bridgehead atoms. The zero-order valence-corrected chi connectivity index (χ0v) is 20.4. The molecule has 0 fully saturated rings. The van der Waals surface area contributed by atoms with Gasteiger partial charge in [-0.1, -0.05) is 24.3 Å². The number of ether oxygens (including phenoxy) is 6. The summed E-state index contributed by atoms with van der Waals surface area (Å²) < 4.78 is 34.4. The molecule has 2 aliphatic rings. The number of benzene rings is 3. The molecular formula is C27H28N2O6. The van der Waals surface area contributed by atoms with Gasteiger partial charge in [0.2, 0.25) is 12.0 Å². The summed E-state index contributed by atoms with van der Waals surface area (Å²) in [4.78, 5) is 0. The van der Waals surface area contributed by atoms with Crippen molar-refractivity contribution in [2.24, 2.45) is 5.10 Å². The molecule has 0 spiro atoms. The van der Waals surface area contributed by atoms with Crippen LogP contribution >= 0.6 is 0 Å². The Morgan fingerprint density at radius 1 is 0.800 bits per heavy atom. The van der Waals surface area contributed by atoms with Crippen molar-refractivity contribution in [2.75, 3.05) is 35.5 Å². The molecule has 2 atom stereocenters. The number of hydrogen-bond acceptors (Lipinski definition) is 8. The van der Waals surface area contributed by atoms with Crippen LogP contribution in [0.5, 0.6) is 34.5 Å². The maximum Gasteiger partial charge on any atom is 0.214 e. The number of methoxy groups -OCH3 is 5. The van der Waals surface area contributed by atoms with E-state index in [0.717, 1.165) is 28.2 Å². The Morgan fingerprint density at radius 3 is 2.17 bits per heavy atom. The number of hydrogen-bond donors (Lipinski definition) is 0. The van der Waals surface area contributed by atoms with Crippen LogP contribution in [0.25, 0.3) is 0 Å². The minimum atomic E-state index is -0.541. The summed E-state index contributed by atoms with van der Waals surface area (Å²) in [5.74, 6) is 3.78. The van der Waals surface area contributed by atoms with Gasteiger partial charge in [-0.25, -0.2) is 5.01 Å². The highest BCUT2D eigenvalue weighted by Gasteiger charge is 2.42. The molecule has 3 aromatic rings. The topological polar surface area (TPSA) is 71.0 Å². The fourth-order valence-electron chi connectivity index (χ4n) is 4.69. The van der Waals surface area contributed by atoms with E-state index in [9.17, 15) is 0 Å². The highest BCUT2D eigenvalue weighted by atomic mass is 16.5. The third-order valence-corrected chi connectivity index (χ3v) is 6.38. The number of fused-ring (bicyclic) bond motifs is 3. The third kappa shape index (κ3) is 3.84. The van der Waals surface area contributed by atoms with Gasteiger partial charge < -0.3 is 28.4 Å². The molecule has 3 aromatic carbocycles. The van der Waals surface area contributed by atoms with E-state index < -0.39 is 6.23 Å². The summed E-state index contributed by atoms with van der Waals surface area (Å²) in [5.41, 5.74) is 3.80. The molecule has 2 aliphatic heterocycles. The van der Waals surface area contributed by atoms with E-state index in [0.29, 0.717) is 35.2 Å². The van der Waals surface area contributed by atoms with Crippen LogP contribution in [0.1, 0.15) is 35.4 Å². The van der Waals surface area contributed by atoms with Crippen LogP contribution in [-0.2, 0) is 0 Å². The second kappa shape index (κ2) is 9.29. The lowest BCUT2D eigenvalue weighted by molar-refractivity contribution is -0.0211. The minimum absolute atomic E-state index is 0.0425. The van der Waals surface area contributed by atoms with Crippen molar-refractivity contribution in [1.82, 2.24) is 5.01 Å². The molecule has 0 amide bonds. The van der Waals surface area contributed by atoms with E-state index in [-0.39, 0.29) is 6.04 Å². The van der Waals surface area contributed by atoms with Crippen LogP contribution < -0.4 is 28.4 Å². The van der Waals surface area contributed by atoms with Crippen molar-refractivity contribution in [3.8, 4) is 34.5 Å². The Bertz CT molecular complexity index is 1250. The molecule has 0 aliphatic carbocycles. The summed E-state index contributed by atoms with van der Waals surface area (Å²) in [7, 11) is 8.08. The maximum absolute atomic E-state index is 6.57. The molecule has 0 saturated heterocycles. The summed E-state index contributed by atoms with van der Waals surface area (Å²) in [6, 6.07) is 17.6. The van der Waals surface area contributed by atoms with Crippen molar-refractivity contribution in [3.05, 3.63) is 71.3 Å². The van der Waals surface area contributed by atoms with Crippen molar-refractivity contribution in [2.45, 2.75) is 18.7 Å². The highest BCUT2D eigenvalue weighted by Crippen LogP contribution is 2.52. The number of nitrogens with zero attached hydrogens (tertiary/aromatic N) is 2. The van der Waals surface area contributed by atoms with E-state index >= 15 is 0 Å². The normalized spacial score (nSPS) is 18.1. The molecule has 8 nitrogen and oxygen atoms in total. The van der Waals surface area contributed by atoms with E-state index in [4.69, 9.17) is 33.5 Å². The lowest BCUT2D eigenvalue weighted by Crippen LogP contribution is -2.34. The SMILES string of the molecule is COc1cccc(C2=NN3[C@H](C2)c2cccc(OC)c2O[C@H]3c2cc(OC)c(OC)c(OC)c2)c1. The number of para-hydroxylation sites is 1. The third-order valence-electron chi connectivity index (χ3n) is 6.38. The van der Waals surface area contributed by atoms with Gasteiger partial charge in [-0.2, -0.15) is 5.10 Å². The van der Waals surface area contributed by atoms with Gasteiger partial charge in [-0.3, -0.25) is 0 Å². The Kier molecular flexibility index (Phi) is 6.03. The van der Waals surface area contributed by atoms with Crippen LogP contribution in [0.4, 0.5) is 0 Å². The number of rotatable bonds is 7. The van der Waals surface area contributed by atoms with E-state index in [2.05, 4.69) is 6.07 Å². The monoisotopic (exact) mass is 476 g/mol. The Hall–Kier alpha value is -4.07. The fraction of sp³-hybridized carbons (Fsp3) is 0.296. The first-order chi connectivity index (χ1) is 17.1. The quantitative estimate of drug-likeness (QED) is 0.477. The van der Waals surface area contributed by atoms with Crippen LogP contribution in [-0.4, -0.2) is 46.3 Å². The van der Waals surface area contributed by atoms with Crippen molar-refractivity contribution >= 4 is 5.71 Å². The van der Waals surface area contributed by atoms with E-state index in [1.165, 1.54) is 0 Å². The zero-order chi connectivity index (χ0) is 24.5. The van der Waals surface area contributed by atoms with Gasteiger partial charge in [-0.15, -0.1) is 0 Å². The molecule has 8 heteroatoms. The molecule has 35 heavy (non-hydrogen) atoms. The second-order valence-electron chi connectivity index (χ2n) is 8.19. The molecule has 2 heterocycles. The number of hydrazone groups is 1. The first-order valence-electron chi connectivity index (χ1n) is 11.3. The lowest BCUT2D eigenvalue weighted by atomic mass is 9.95. The summed E-state index contributed by atoms with van der Waals surface area (Å²) in [6.07, 6.45) is 0.165. The predicted octanol–water partition coefficient (Wildman–Crippen LogP) is 4.97. The van der Waals surface area contributed by atoms with Crippen molar-refractivity contribution in [1.29, 1.82) is 0 Å². The smallest absolute Gasteiger partial charge is 0.214 e. The average Bonchev–Trinajstić information content (AvgIpc) is 3.37. The average molecular weight is 477 g/mol. The summed E-state index contributed by atoms with van der Waals surface area (Å²) in [6.45, 7) is 0. The zero-order valence-electron chi connectivity index (χ0n) is 20.4. The Labute approximate surface area is 204 Å². The van der Waals surface area contributed by atoms with Gasteiger partial charge in [-0.05, 0) is 30.3 Å². The van der Waals surface area contributed by atoms with Gasteiger partial charge in [0, 0.05) is 23.1 Å². The van der Waals surface area contributed by atoms with E-state index in [1.807, 2.05) is 53.5 Å². The van der Waals surface area contributed by atoms with Gasteiger partial charge >= 0.3 is 0 Å². The molecule has 0 radical (unpaired) electrons. The summed E-state index contributed by atoms with van der Waals surface area (Å²) in [5, 5.41) is 7.03. The molecule has 182 valence electrons. The first-order valence-corrected chi connectivity index (χ1v) is 11.3. The Balaban J connectivity index is 1.65. The fourth-order valence-corrected chi connectivity index (χ4v) is 4.69. The molecule has 0 unspecified atom stereocenters. The molecule has 5 rings (SSSR count). The van der Waals surface area contributed by atoms with Crippen LogP contribution in [0, 0.1) is 0 Å². The maximum atomic E-state index is 6.57. The molecule has 0 N–H and O–H groups in total. The first kappa shape index (κ1) is 22.7. The molecular weight excluding hydrogens is 448 g/mol. The summed E-state index contributed by atoms with van der Waals surface area (Å²) >= 11 is 0. The molecule has 0 aromatic heterocycles. The van der Waals surface area contributed by atoms with Gasteiger partial charge in [0.15, 0.2) is 23.0 Å². The van der Waals surface area contributed by atoms with Crippen LogP contribution in [0.2, 0.25) is 0 Å². The predicted molar refractivity (Wildman–Crippen MR) is 131 cm³/mol. The van der Waals surface area contributed by atoms with Gasteiger partial charge in [0.1, 0.15) is 5.75 Å². The van der Waals surface area contributed by atoms with Crippen molar-refractivity contribution in [3.63, 3.8) is 0 Å².